The van der Waals surface area contributed by atoms with Gasteiger partial charge in [0.25, 0.3) is 5.91 Å². The molecule has 2 amide bonds. The molecule has 2 bridgehead atoms. The van der Waals surface area contributed by atoms with Gasteiger partial charge in [-0.25, -0.2) is 0 Å². The molecule has 7 nitrogen and oxygen atoms in total. The van der Waals surface area contributed by atoms with Crippen molar-refractivity contribution in [1.82, 2.24) is 4.90 Å². The largest absolute Gasteiger partial charge is 0.466 e. The highest BCUT2D eigenvalue weighted by atomic mass is 32.2. The number of aliphatic hydroxyl groups is 1. The number of benzene rings is 2. The third kappa shape index (κ3) is 4.73. The number of rotatable bonds is 12. The maximum Gasteiger partial charge on any atom is 0.311 e. The molecule has 2 unspecified atom stereocenters. The number of esters is 1. The molecule has 3 fully saturated rings. The van der Waals surface area contributed by atoms with Crippen molar-refractivity contribution < 1.29 is 24.2 Å². The summed E-state index contributed by atoms with van der Waals surface area (Å²) in [6.07, 6.45) is 6.37. The third-order valence-electron chi connectivity index (χ3n) is 8.98. The van der Waals surface area contributed by atoms with Crippen LogP contribution in [0.2, 0.25) is 0 Å². The van der Waals surface area contributed by atoms with Crippen molar-refractivity contribution in [2.24, 2.45) is 11.8 Å². The first-order valence-corrected chi connectivity index (χ1v) is 15.3. The maximum absolute atomic E-state index is 14.7. The highest BCUT2D eigenvalue weighted by Crippen LogP contribution is 2.71. The molecule has 0 saturated carbocycles. The van der Waals surface area contributed by atoms with Crippen LogP contribution in [0.25, 0.3) is 10.8 Å². The Balaban J connectivity index is 1.54. The Morgan fingerprint density at radius 2 is 1.90 bits per heavy atom. The predicted octanol–water partition coefficient (Wildman–Crippen LogP) is 4.96. The fraction of sp³-hybridized carbons (Fsp3) is 0.531. The molecule has 2 aromatic rings. The second-order valence-electron chi connectivity index (χ2n) is 11.4. The molecule has 0 aliphatic carbocycles. The van der Waals surface area contributed by atoms with Crippen LogP contribution in [0.4, 0.5) is 5.69 Å². The summed E-state index contributed by atoms with van der Waals surface area (Å²) in [4.78, 5) is 45.8. The Hall–Kier alpha value is -2.84. The van der Waals surface area contributed by atoms with Crippen molar-refractivity contribution >= 4 is 46.0 Å². The molecule has 3 heterocycles. The van der Waals surface area contributed by atoms with Crippen LogP contribution in [0.1, 0.15) is 52.4 Å². The van der Waals surface area contributed by atoms with E-state index in [0.29, 0.717) is 19.5 Å². The van der Waals surface area contributed by atoms with Crippen molar-refractivity contribution in [3.05, 3.63) is 55.1 Å². The van der Waals surface area contributed by atoms with E-state index >= 15 is 0 Å². The minimum atomic E-state index is -0.680. The second-order valence-corrected chi connectivity index (χ2v) is 13.3. The van der Waals surface area contributed by atoms with Crippen molar-refractivity contribution in [1.29, 1.82) is 0 Å². The lowest BCUT2D eigenvalue weighted by Gasteiger charge is -2.37. The molecule has 5 atom stereocenters. The van der Waals surface area contributed by atoms with Gasteiger partial charge in [-0.1, -0.05) is 49.2 Å². The van der Waals surface area contributed by atoms with Crippen molar-refractivity contribution in [2.45, 2.75) is 67.9 Å². The number of unbranched alkanes of at least 4 members (excludes halogenated alkanes) is 3. The molecule has 1 spiro atoms. The van der Waals surface area contributed by atoms with Crippen LogP contribution in [0.3, 0.4) is 0 Å². The zero-order valence-electron chi connectivity index (χ0n) is 23.5. The predicted molar refractivity (Wildman–Crippen MR) is 159 cm³/mol. The molecule has 2 aromatic carbocycles. The van der Waals surface area contributed by atoms with Crippen LogP contribution in [0, 0.1) is 11.8 Å². The highest BCUT2D eigenvalue weighted by Gasteiger charge is 2.77. The molecule has 3 aliphatic rings. The topological polar surface area (TPSA) is 87.2 Å². The summed E-state index contributed by atoms with van der Waals surface area (Å²) in [6.45, 7) is 8.95. The van der Waals surface area contributed by atoms with Gasteiger partial charge in [-0.2, -0.15) is 0 Å². The van der Waals surface area contributed by atoms with E-state index in [1.807, 2.05) is 42.5 Å². The molecule has 5 rings (SSSR count). The number of anilines is 1. The maximum atomic E-state index is 14.7. The van der Waals surface area contributed by atoms with Gasteiger partial charge in [-0.3, -0.25) is 14.4 Å². The summed E-state index contributed by atoms with van der Waals surface area (Å²) in [5, 5.41) is 11.3. The fourth-order valence-electron chi connectivity index (χ4n) is 7.23. The average Bonchev–Trinajstić information content (AvgIpc) is 3.51. The molecule has 214 valence electrons. The standard InChI is InChI=1S/C32H40N2O5S/c1-4-18-33(24-15-14-22-12-8-9-13-23(22)21-24)29(37)27-32-17-16-31(3,40-32)26(30(38)39-5-2)25(32)28(36)34(27)19-10-6-7-11-20-35/h4,8-9,12-15,21,25-27,35H,1,5-7,10-11,16-20H2,2-3H3/t25-,26+,27?,31-,32?/m0/s1. The number of nitrogens with zero attached hydrogens (tertiary/aromatic N) is 2. The van der Waals surface area contributed by atoms with E-state index < -0.39 is 27.4 Å². The monoisotopic (exact) mass is 564 g/mol. The molecule has 40 heavy (non-hydrogen) atoms. The van der Waals surface area contributed by atoms with E-state index in [2.05, 4.69) is 13.5 Å². The Bertz CT molecular complexity index is 1300. The highest BCUT2D eigenvalue weighted by molar-refractivity contribution is 8.02. The van der Waals surface area contributed by atoms with E-state index in [1.54, 1.807) is 34.6 Å². The van der Waals surface area contributed by atoms with Crippen LogP contribution in [-0.2, 0) is 19.1 Å². The van der Waals surface area contributed by atoms with Gasteiger partial charge >= 0.3 is 5.97 Å². The van der Waals surface area contributed by atoms with Crippen LogP contribution in [-0.4, -0.2) is 69.6 Å². The molecule has 0 radical (unpaired) electrons. The quantitative estimate of drug-likeness (QED) is 0.223. The Morgan fingerprint density at radius 1 is 1.15 bits per heavy atom. The van der Waals surface area contributed by atoms with E-state index in [-0.39, 0.29) is 31.0 Å². The van der Waals surface area contributed by atoms with E-state index in [9.17, 15) is 19.5 Å². The number of aliphatic hydroxyl groups excluding tert-OH is 1. The normalized spacial score (nSPS) is 28.6. The summed E-state index contributed by atoms with van der Waals surface area (Å²) >= 11 is 1.67. The van der Waals surface area contributed by atoms with Gasteiger partial charge in [0, 0.05) is 30.1 Å². The van der Waals surface area contributed by atoms with Gasteiger partial charge in [-0.15, -0.1) is 18.3 Å². The number of hydrogen-bond donors (Lipinski definition) is 1. The lowest BCUT2D eigenvalue weighted by Crippen LogP contribution is -2.55. The smallest absolute Gasteiger partial charge is 0.311 e. The van der Waals surface area contributed by atoms with Gasteiger partial charge in [0.05, 0.1) is 23.2 Å². The Morgan fingerprint density at radius 3 is 2.62 bits per heavy atom. The van der Waals surface area contributed by atoms with Crippen LogP contribution >= 0.6 is 11.8 Å². The first kappa shape index (κ1) is 28.7. The van der Waals surface area contributed by atoms with Gasteiger partial charge in [0.2, 0.25) is 5.91 Å². The molecule has 1 N–H and O–H groups in total. The zero-order chi connectivity index (χ0) is 28.5. The second kappa shape index (κ2) is 11.6. The zero-order valence-corrected chi connectivity index (χ0v) is 24.3. The molecule has 0 aromatic heterocycles. The van der Waals surface area contributed by atoms with E-state index in [0.717, 1.165) is 48.6 Å². The molecular weight excluding hydrogens is 524 g/mol. The average molecular weight is 565 g/mol. The first-order valence-electron chi connectivity index (χ1n) is 14.5. The first-order chi connectivity index (χ1) is 19.3. The number of ether oxygens (including phenoxy) is 1. The number of thioether (sulfide) groups is 1. The lowest BCUT2D eigenvalue weighted by molar-refractivity contribution is -0.155. The number of carbonyl (C=O) groups is 3. The van der Waals surface area contributed by atoms with Crippen molar-refractivity contribution in [2.75, 3.05) is 31.2 Å². The van der Waals surface area contributed by atoms with Gasteiger partial charge < -0.3 is 19.6 Å². The number of fused-ring (bicyclic) bond motifs is 2. The SMILES string of the molecule is C=CCN(C(=O)C1N(CCCCCCO)C(=O)[C@@H]2[C@H](C(=O)OCC)[C@]3(C)CCC12S3)c1ccc2ccccc2c1. The van der Waals surface area contributed by atoms with Crippen LogP contribution < -0.4 is 4.90 Å². The van der Waals surface area contributed by atoms with Crippen molar-refractivity contribution in [3.63, 3.8) is 0 Å². The molecule has 3 aliphatic heterocycles. The van der Waals surface area contributed by atoms with E-state index in [1.165, 1.54) is 0 Å². The molecule has 8 heteroatoms. The molecule has 3 saturated heterocycles. The van der Waals surface area contributed by atoms with Gasteiger partial charge in [0.15, 0.2) is 0 Å². The fourth-order valence-corrected chi connectivity index (χ4v) is 9.57. The van der Waals surface area contributed by atoms with Gasteiger partial charge in [-0.05, 0) is 62.4 Å². The molecular formula is C32H40N2O5S. The summed E-state index contributed by atoms with van der Waals surface area (Å²) in [6, 6.07) is 13.4. The minimum absolute atomic E-state index is 0.105. The summed E-state index contributed by atoms with van der Waals surface area (Å²) in [5.74, 6) is -1.70. The minimum Gasteiger partial charge on any atom is -0.466 e. The van der Waals surface area contributed by atoms with Crippen LogP contribution in [0.5, 0.6) is 0 Å². The summed E-state index contributed by atoms with van der Waals surface area (Å²) in [7, 11) is 0. The van der Waals surface area contributed by atoms with E-state index in [4.69, 9.17) is 4.74 Å². The number of carbonyl (C=O) groups excluding carboxylic acids is 3. The summed E-state index contributed by atoms with van der Waals surface area (Å²) < 4.78 is 4.38. The van der Waals surface area contributed by atoms with Crippen molar-refractivity contribution in [3.8, 4) is 0 Å². The number of amides is 2. The lowest BCUT2D eigenvalue weighted by atomic mass is 9.66. The Kier molecular flexibility index (Phi) is 8.30. The third-order valence-corrected chi connectivity index (χ3v) is 11.0. The van der Waals surface area contributed by atoms with Gasteiger partial charge in [0.1, 0.15) is 6.04 Å². The number of hydrogen-bond acceptors (Lipinski definition) is 6. The Labute approximate surface area is 240 Å². The summed E-state index contributed by atoms with van der Waals surface area (Å²) in [5.41, 5.74) is 0.768. The van der Waals surface area contributed by atoms with Crippen LogP contribution in [0.15, 0.2) is 55.1 Å². The number of likely N-dealkylation sites (tertiary alicyclic amines) is 1.